The van der Waals surface area contributed by atoms with E-state index in [1.807, 2.05) is 25.1 Å². The van der Waals surface area contributed by atoms with Crippen LogP contribution in [-0.4, -0.2) is 31.8 Å². The van der Waals surface area contributed by atoms with E-state index >= 15 is 0 Å². The summed E-state index contributed by atoms with van der Waals surface area (Å²) in [6.07, 6.45) is 0.558. The second-order valence-corrected chi connectivity index (χ2v) is 4.50. The number of fused-ring (bicyclic) bond motifs is 1. The smallest absolute Gasteiger partial charge is 0.231 e. The van der Waals surface area contributed by atoms with E-state index in [1.54, 1.807) is 4.90 Å². The standard InChI is InChI=1S/C13H16N2O3/c1-2-14-9-5-13(16)15(7-9)10-3-4-11-12(6-10)18-8-17-11/h3-4,6,9,14H,2,5,7-8H2,1H3. The van der Waals surface area contributed by atoms with Crippen LogP contribution in [0.1, 0.15) is 13.3 Å². The first-order valence-corrected chi connectivity index (χ1v) is 6.21. The molecular formula is C13H16N2O3. The SMILES string of the molecule is CCNC1CC(=O)N(c2ccc3c(c2)OCO3)C1. The predicted molar refractivity (Wildman–Crippen MR) is 67.0 cm³/mol. The van der Waals surface area contributed by atoms with E-state index in [4.69, 9.17) is 9.47 Å². The van der Waals surface area contributed by atoms with Crippen molar-refractivity contribution in [2.24, 2.45) is 0 Å². The number of nitrogens with zero attached hydrogens (tertiary/aromatic N) is 1. The summed E-state index contributed by atoms with van der Waals surface area (Å²) in [4.78, 5) is 13.8. The van der Waals surface area contributed by atoms with Crippen LogP contribution in [0, 0.1) is 0 Å². The van der Waals surface area contributed by atoms with E-state index in [1.165, 1.54) is 0 Å². The Morgan fingerprint density at radius 3 is 3.06 bits per heavy atom. The monoisotopic (exact) mass is 248 g/mol. The van der Waals surface area contributed by atoms with Gasteiger partial charge < -0.3 is 19.7 Å². The fraction of sp³-hybridized carbons (Fsp3) is 0.462. The molecule has 1 unspecified atom stereocenters. The van der Waals surface area contributed by atoms with Crippen molar-refractivity contribution in [3.05, 3.63) is 18.2 Å². The highest BCUT2D eigenvalue weighted by Gasteiger charge is 2.30. The maximum absolute atomic E-state index is 12.0. The molecule has 18 heavy (non-hydrogen) atoms. The fourth-order valence-corrected chi connectivity index (χ4v) is 2.44. The van der Waals surface area contributed by atoms with Gasteiger partial charge in [-0.2, -0.15) is 0 Å². The number of carbonyl (C=O) groups is 1. The summed E-state index contributed by atoms with van der Waals surface area (Å²) in [5.41, 5.74) is 0.879. The molecule has 3 rings (SSSR count). The number of amides is 1. The van der Waals surface area contributed by atoms with E-state index in [0.717, 1.165) is 18.0 Å². The fourth-order valence-electron chi connectivity index (χ4n) is 2.44. The van der Waals surface area contributed by atoms with Gasteiger partial charge in [0.2, 0.25) is 12.7 Å². The molecule has 2 heterocycles. The molecule has 0 bridgehead atoms. The average molecular weight is 248 g/mol. The quantitative estimate of drug-likeness (QED) is 0.871. The number of ether oxygens (including phenoxy) is 2. The van der Waals surface area contributed by atoms with Crippen molar-refractivity contribution in [1.82, 2.24) is 5.32 Å². The number of hydrogen-bond donors (Lipinski definition) is 1. The molecule has 1 saturated heterocycles. The Morgan fingerprint density at radius 2 is 2.22 bits per heavy atom. The van der Waals surface area contributed by atoms with Gasteiger partial charge in [-0.15, -0.1) is 0 Å². The normalized spacial score (nSPS) is 21.7. The van der Waals surface area contributed by atoms with Crippen molar-refractivity contribution in [3.63, 3.8) is 0 Å². The number of hydrogen-bond acceptors (Lipinski definition) is 4. The molecule has 1 aromatic rings. The second-order valence-electron chi connectivity index (χ2n) is 4.50. The Bertz CT molecular complexity index is 475. The third-order valence-corrected chi connectivity index (χ3v) is 3.29. The van der Waals surface area contributed by atoms with Gasteiger partial charge in [0.05, 0.1) is 0 Å². The van der Waals surface area contributed by atoms with Gasteiger partial charge >= 0.3 is 0 Å². The zero-order valence-corrected chi connectivity index (χ0v) is 10.3. The minimum atomic E-state index is 0.153. The van der Waals surface area contributed by atoms with Crippen molar-refractivity contribution >= 4 is 11.6 Å². The molecule has 1 fully saturated rings. The predicted octanol–water partition coefficient (Wildman–Crippen LogP) is 1.13. The summed E-state index contributed by atoms with van der Waals surface area (Å²) >= 11 is 0. The third-order valence-electron chi connectivity index (χ3n) is 3.29. The maximum atomic E-state index is 12.0. The Kier molecular flexibility index (Phi) is 2.83. The highest BCUT2D eigenvalue weighted by atomic mass is 16.7. The Hall–Kier alpha value is -1.75. The van der Waals surface area contributed by atoms with Crippen LogP contribution in [0.15, 0.2) is 18.2 Å². The number of nitrogens with one attached hydrogen (secondary N) is 1. The van der Waals surface area contributed by atoms with E-state index in [2.05, 4.69) is 5.32 Å². The molecule has 1 aromatic carbocycles. The van der Waals surface area contributed by atoms with Crippen LogP contribution in [0.25, 0.3) is 0 Å². The van der Waals surface area contributed by atoms with Crippen molar-refractivity contribution in [3.8, 4) is 11.5 Å². The number of likely N-dealkylation sites (N-methyl/N-ethyl adjacent to an activating group) is 1. The van der Waals surface area contributed by atoms with Gasteiger partial charge in [-0.1, -0.05) is 6.92 Å². The number of rotatable bonds is 3. The number of benzene rings is 1. The third kappa shape index (κ3) is 1.90. The Morgan fingerprint density at radius 1 is 1.39 bits per heavy atom. The molecule has 0 radical (unpaired) electrons. The molecule has 5 nitrogen and oxygen atoms in total. The van der Waals surface area contributed by atoms with Crippen LogP contribution < -0.4 is 19.7 Å². The minimum absolute atomic E-state index is 0.153. The lowest BCUT2D eigenvalue weighted by molar-refractivity contribution is -0.117. The summed E-state index contributed by atoms with van der Waals surface area (Å²) in [5, 5.41) is 3.31. The molecule has 2 aliphatic rings. The van der Waals surface area contributed by atoms with E-state index < -0.39 is 0 Å². The molecule has 96 valence electrons. The van der Waals surface area contributed by atoms with Gasteiger partial charge in [0.1, 0.15) is 0 Å². The zero-order chi connectivity index (χ0) is 12.5. The molecule has 5 heteroatoms. The van der Waals surface area contributed by atoms with Crippen LogP contribution >= 0.6 is 0 Å². The van der Waals surface area contributed by atoms with Gasteiger partial charge in [-0.25, -0.2) is 0 Å². The molecular weight excluding hydrogens is 232 g/mol. The topological polar surface area (TPSA) is 50.8 Å². The van der Waals surface area contributed by atoms with Crippen molar-refractivity contribution in [2.75, 3.05) is 24.8 Å². The summed E-state index contributed by atoms with van der Waals surface area (Å²) < 4.78 is 10.6. The first-order chi connectivity index (χ1) is 8.78. The van der Waals surface area contributed by atoms with Gasteiger partial charge in [0, 0.05) is 30.8 Å². The van der Waals surface area contributed by atoms with Crippen LogP contribution in [0.5, 0.6) is 11.5 Å². The molecule has 2 aliphatic heterocycles. The summed E-state index contributed by atoms with van der Waals surface area (Å²) in [5.74, 6) is 1.61. The number of anilines is 1. The molecule has 1 atom stereocenters. The maximum Gasteiger partial charge on any atom is 0.231 e. The molecule has 0 aliphatic carbocycles. The highest BCUT2D eigenvalue weighted by Crippen LogP contribution is 2.36. The van der Waals surface area contributed by atoms with Crippen molar-refractivity contribution in [2.45, 2.75) is 19.4 Å². The van der Waals surface area contributed by atoms with Gasteiger partial charge in [-0.05, 0) is 18.7 Å². The van der Waals surface area contributed by atoms with E-state index in [-0.39, 0.29) is 18.7 Å². The lowest BCUT2D eigenvalue weighted by Gasteiger charge is -2.17. The Labute approximate surface area is 106 Å². The van der Waals surface area contributed by atoms with E-state index in [9.17, 15) is 4.79 Å². The van der Waals surface area contributed by atoms with E-state index in [0.29, 0.717) is 18.7 Å². The molecule has 1 N–H and O–H groups in total. The van der Waals surface area contributed by atoms with Crippen LogP contribution in [0.4, 0.5) is 5.69 Å². The summed E-state index contributed by atoms with van der Waals surface area (Å²) in [6, 6.07) is 5.87. The summed E-state index contributed by atoms with van der Waals surface area (Å²) in [6.45, 7) is 3.90. The highest BCUT2D eigenvalue weighted by molar-refractivity contribution is 5.96. The Balaban J connectivity index is 1.80. The lowest BCUT2D eigenvalue weighted by atomic mass is 10.2. The van der Waals surface area contributed by atoms with Gasteiger partial charge in [0.25, 0.3) is 0 Å². The van der Waals surface area contributed by atoms with Gasteiger partial charge in [-0.3, -0.25) is 4.79 Å². The second kappa shape index (κ2) is 4.49. The molecule has 0 spiro atoms. The van der Waals surface area contributed by atoms with Crippen molar-refractivity contribution in [1.29, 1.82) is 0 Å². The summed E-state index contributed by atoms with van der Waals surface area (Å²) in [7, 11) is 0. The minimum Gasteiger partial charge on any atom is -0.454 e. The average Bonchev–Trinajstić information content (AvgIpc) is 2.95. The number of carbonyl (C=O) groups excluding carboxylic acids is 1. The van der Waals surface area contributed by atoms with Gasteiger partial charge in [0.15, 0.2) is 11.5 Å². The molecule has 1 amide bonds. The van der Waals surface area contributed by atoms with Crippen molar-refractivity contribution < 1.29 is 14.3 Å². The zero-order valence-electron chi connectivity index (χ0n) is 10.3. The van der Waals surface area contributed by atoms with Crippen LogP contribution in [0.3, 0.4) is 0 Å². The van der Waals surface area contributed by atoms with Crippen LogP contribution in [0.2, 0.25) is 0 Å². The largest absolute Gasteiger partial charge is 0.454 e. The first kappa shape index (κ1) is 11.3. The molecule has 0 aromatic heterocycles. The first-order valence-electron chi connectivity index (χ1n) is 6.21. The van der Waals surface area contributed by atoms with Crippen LogP contribution in [-0.2, 0) is 4.79 Å². The lowest BCUT2D eigenvalue weighted by Crippen LogP contribution is -2.32. The molecule has 0 saturated carbocycles.